The lowest BCUT2D eigenvalue weighted by Gasteiger charge is -2.18. The maximum absolute atomic E-state index is 12.9. The normalized spacial score (nSPS) is 13.1. The highest BCUT2D eigenvalue weighted by atomic mass is 16.6. The molecule has 0 amide bonds. The Morgan fingerprint density at radius 1 is 0.253 bits per heavy atom. The van der Waals surface area contributed by atoms with E-state index in [0.717, 1.165) is 148 Å². The van der Waals surface area contributed by atoms with Crippen molar-refractivity contribution in [3.63, 3.8) is 0 Å². The van der Waals surface area contributed by atoms with E-state index in [9.17, 15) is 14.4 Å². The highest BCUT2D eigenvalue weighted by molar-refractivity contribution is 5.71. The lowest BCUT2D eigenvalue weighted by molar-refractivity contribution is -0.167. The van der Waals surface area contributed by atoms with Gasteiger partial charge >= 0.3 is 17.9 Å². The molecule has 468 valence electrons. The number of carbonyl (C=O) groups excluding carboxylic acids is 3. The van der Waals surface area contributed by atoms with Crippen LogP contribution in [0.4, 0.5) is 0 Å². The van der Waals surface area contributed by atoms with Gasteiger partial charge in [0.25, 0.3) is 0 Å². The van der Waals surface area contributed by atoms with E-state index in [1.807, 2.05) is 0 Å². The van der Waals surface area contributed by atoms with Gasteiger partial charge in [-0.1, -0.05) is 281 Å². The van der Waals surface area contributed by atoms with E-state index in [-0.39, 0.29) is 37.5 Å². The molecule has 0 saturated carbocycles. The van der Waals surface area contributed by atoms with Crippen molar-refractivity contribution in [2.75, 3.05) is 13.2 Å². The molecular weight excluding hydrogens is 1020 g/mol. The molecule has 0 aliphatic carbocycles. The highest BCUT2D eigenvalue weighted by Crippen LogP contribution is 2.15. The van der Waals surface area contributed by atoms with Crippen LogP contribution in [-0.2, 0) is 28.6 Å². The molecule has 0 aromatic carbocycles. The highest BCUT2D eigenvalue weighted by Gasteiger charge is 2.19. The summed E-state index contributed by atoms with van der Waals surface area (Å²) in [5.41, 5.74) is 0. The van der Waals surface area contributed by atoms with Crippen molar-refractivity contribution < 1.29 is 28.6 Å². The number of unbranched alkanes of at least 4 members (excludes halogenated alkanes) is 23. The first-order chi connectivity index (χ1) is 41.0. The predicted molar refractivity (Wildman–Crippen MR) is 362 cm³/mol. The van der Waals surface area contributed by atoms with Crippen LogP contribution in [0.1, 0.15) is 290 Å². The number of allylic oxidation sites excluding steroid dienone is 26. The van der Waals surface area contributed by atoms with Crippen molar-refractivity contribution in [3.05, 3.63) is 158 Å². The van der Waals surface area contributed by atoms with Crippen LogP contribution in [0, 0.1) is 0 Å². The zero-order valence-corrected chi connectivity index (χ0v) is 53.7. The number of ether oxygens (including phenoxy) is 3. The molecular formula is C77H124O6. The first kappa shape index (κ1) is 78.0. The van der Waals surface area contributed by atoms with E-state index in [1.165, 1.54) is 96.3 Å². The minimum Gasteiger partial charge on any atom is -0.462 e. The Balaban J connectivity index is 4.43. The second kappa shape index (κ2) is 69.5. The fourth-order valence-electron chi connectivity index (χ4n) is 8.97. The summed E-state index contributed by atoms with van der Waals surface area (Å²) in [6.45, 7) is 6.37. The van der Waals surface area contributed by atoms with Crippen LogP contribution in [-0.4, -0.2) is 37.2 Å². The molecule has 0 aliphatic heterocycles. The van der Waals surface area contributed by atoms with Gasteiger partial charge in [0.05, 0.1) is 0 Å². The Kier molecular flexibility index (Phi) is 65.4. The van der Waals surface area contributed by atoms with Crippen molar-refractivity contribution in [1.29, 1.82) is 0 Å². The van der Waals surface area contributed by atoms with Crippen molar-refractivity contribution in [3.8, 4) is 0 Å². The van der Waals surface area contributed by atoms with Gasteiger partial charge in [0, 0.05) is 19.3 Å². The third kappa shape index (κ3) is 67.7. The summed E-state index contributed by atoms with van der Waals surface area (Å²) in [4.78, 5) is 38.4. The Hall–Kier alpha value is -4.97. The topological polar surface area (TPSA) is 78.9 Å². The standard InChI is InChI=1S/C77H124O6/c1-4-7-10-13-16-19-22-25-28-30-32-34-35-36-37-38-39-40-41-43-44-46-49-52-55-58-61-64-67-70-76(79)82-73-74(72-81-75(78)69-66-63-60-57-54-51-48-27-24-21-18-15-12-9-6-3)83-77(80)71-68-65-62-59-56-53-50-47-45-42-33-31-29-26-23-20-17-14-11-8-5-2/h7-8,10-11,16-17,19-20,25-29,32-34,36-37,39-40,42,47-48,50,56,59,74H,4-6,9,12-15,18,21-24,30-31,35,38,41,43-46,49,51-55,57-58,60-73H2,1-3H3/b10-7-,11-8-,19-16-,20-17-,28-25-,29-26-,34-32-,37-36-,40-39-,42-33-,48-27-,50-47-,59-56-. The molecule has 1 atom stereocenters. The Bertz CT molecular complexity index is 1840. The van der Waals surface area contributed by atoms with E-state index in [1.54, 1.807) is 0 Å². The van der Waals surface area contributed by atoms with Gasteiger partial charge in [-0.3, -0.25) is 14.4 Å². The third-order valence-corrected chi connectivity index (χ3v) is 14.0. The minimum absolute atomic E-state index is 0.106. The fourth-order valence-corrected chi connectivity index (χ4v) is 8.97. The predicted octanol–water partition coefficient (Wildman–Crippen LogP) is 23.7. The lowest BCUT2D eigenvalue weighted by Crippen LogP contribution is -2.30. The van der Waals surface area contributed by atoms with Crippen LogP contribution in [0.3, 0.4) is 0 Å². The number of rotatable bonds is 60. The first-order valence-corrected chi connectivity index (χ1v) is 34.0. The Morgan fingerprint density at radius 2 is 0.470 bits per heavy atom. The molecule has 1 unspecified atom stereocenters. The van der Waals surface area contributed by atoms with Gasteiger partial charge in [-0.05, 0) is 148 Å². The van der Waals surface area contributed by atoms with Gasteiger partial charge < -0.3 is 14.2 Å². The molecule has 0 bridgehead atoms. The number of hydrogen-bond donors (Lipinski definition) is 0. The first-order valence-electron chi connectivity index (χ1n) is 34.0. The largest absolute Gasteiger partial charge is 0.462 e. The molecule has 0 radical (unpaired) electrons. The minimum atomic E-state index is -0.815. The van der Waals surface area contributed by atoms with Crippen LogP contribution < -0.4 is 0 Å². The zero-order chi connectivity index (χ0) is 59.9. The summed E-state index contributed by atoms with van der Waals surface area (Å²) in [6, 6.07) is 0. The molecule has 0 aromatic heterocycles. The molecule has 6 nitrogen and oxygen atoms in total. The molecule has 0 N–H and O–H groups in total. The summed E-state index contributed by atoms with van der Waals surface area (Å²) in [5.74, 6) is -0.961. The smallest absolute Gasteiger partial charge is 0.306 e. The molecule has 0 heterocycles. The van der Waals surface area contributed by atoms with Crippen LogP contribution in [0.15, 0.2) is 158 Å². The molecule has 83 heavy (non-hydrogen) atoms. The van der Waals surface area contributed by atoms with E-state index < -0.39 is 6.10 Å². The van der Waals surface area contributed by atoms with Gasteiger partial charge in [-0.2, -0.15) is 0 Å². The van der Waals surface area contributed by atoms with E-state index in [0.29, 0.717) is 19.3 Å². The molecule has 0 rings (SSSR count). The van der Waals surface area contributed by atoms with Crippen LogP contribution >= 0.6 is 0 Å². The third-order valence-electron chi connectivity index (χ3n) is 14.0. The van der Waals surface area contributed by atoms with E-state index >= 15 is 0 Å². The van der Waals surface area contributed by atoms with Crippen molar-refractivity contribution >= 4 is 17.9 Å². The van der Waals surface area contributed by atoms with Crippen molar-refractivity contribution in [2.24, 2.45) is 0 Å². The Morgan fingerprint density at radius 3 is 0.771 bits per heavy atom. The quantitative estimate of drug-likeness (QED) is 0.0261. The number of hydrogen-bond acceptors (Lipinski definition) is 6. The molecule has 6 heteroatoms. The molecule has 0 saturated heterocycles. The van der Waals surface area contributed by atoms with Gasteiger partial charge in [0.1, 0.15) is 13.2 Å². The summed E-state index contributed by atoms with van der Waals surface area (Å²) < 4.78 is 16.9. The van der Waals surface area contributed by atoms with Gasteiger partial charge in [0.2, 0.25) is 0 Å². The average molecular weight is 1150 g/mol. The number of carbonyl (C=O) groups is 3. The van der Waals surface area contributed by atoms with Crippen molar-refractivity contribution in [2.45, 2.75) is 297 Å². The average Bonchev–Trinajstić information content (AvgIpc) is 3.49. The molecule has 0 spiro atoms. The van der Waals surface area contributed by atoms with Gasteiger partial charge in [0.15, 0.2) is 6.10 Å². The number of esters is 3. The van der Waals surface area contributed by atoms with Crippen molar-refractivity contribution in [1.82, 2.24) is 0 Å². The summed E-state index contributed by atoms with van der Waals surface area (Å²) >= 11 is 0. The SMILES string of the molecule is CC/C=C\C/C=C\C/C=C\C/C=C\C/C=C\C/C=C\CCCCCCCCCCCCC(=O)OCC(COC(=O)CCCCCCC/C=C\CCCCCCCC)OC(=O)CCCC/C=C\C/C=C\C/C=C\C/C=C\C/C=C\C/C=C\CC. The molecule has 0 fully saturated rings. The molecule has 0 aliphatic rings. The Labute approximate surface area is 511 Å². The van der Waals surface area contributed by atoms with E-state index in [4.69, 9.17) is 14.2 Å². The lowest BCUT2D eigenvalue weighted by atomic mass is 10.1. The van der Waals surface area contributed by atoms with Crippen LogP contribution in [0.25, 0.3) is 0 Å². The second-order valence-electron chi connectivity index (χ2n) is 22.0. The van der Waals surface area contributed by atoms with Crippen LogP contribution in [0.5, 0.6) is 0 Å². The van der Waals surface area contributed by atoms with E-state index in [2.05, 4.69) is 179 Å². The summed E-state index contributed by atoms with van der Waals surface area (Å²) in [5, 5.41) is 0. The molecule has 0 aromatic rings. The van der Waals surface area contributed by atoms with Gasteiger partial charge in [-0.25, -0.2) is 0 Å². The maximum atomic E-state index is 12.9. The monoisotopic (exact) mass is 1140 g/mol. The summed E-state index contributed by atoms with van der Waals surface area (Å²) in [6.07, 6.45) is 101. The zero-order valence-electron chi connectivity index (χ0n) is 53.7. The second-order valence-corrected chi connectivity index (χ2v) is 22.0. The van der Waals surface area contributed by atoms with Crippen LogP contribution in [0.2, 0.25) is 0 Å². The fraction of sp³-hybridized carbons (Fsp3) is 0.623. The maximum Gasteiger partial charge on any atom is 0.306 e. The summed E-state index contributed by atoms with van der Waals surface area (Å²) in [7, 11) is 0. The van der Waals surface area contributed by atoms with Gasteiger partial charge in [-0.15, -0.1) is 0 Å².